The van der Waals surface area contributed by atoms with Crippen LogP contribution in [0.5, 0.6) is 0 Å². The topological polar surface area (TPSA) is 36.4 Å². The lowest BCUT2D eigenvalue weighted by molar-refractivity contribution is 0.107. The van der Waals surface area contributed by atoms with Gasteiger partial charge in [-0.15, -0.1) is 0 Å². The van der Waals surface area contributed by atoms with Gasteiger partial charge in [-0.25, -0.2) is 0 Å². The first-order valence-corrected chi connectivity index (χ1v) is 7.07. The third kappa shape index (κ3) is 4.07. The number of rotatable bonds is 4. The molecule has 3 heteroatoms. The van der Waals surface area contributed by atoms with Gasteiger partial charge in [-0.2, -0.15) is 0 Å². The minimum Gasteiger partial charge on any atom is -0.393 e. The molecule has 1 aromatic heterocycles. The Bertz CT molecular complexity index is 340. The van der Waals surface area contributed by atoms with E-state index in [1.807, 2.05) is 25.3 Å². The maximum atomic E-state index is 9.64. The van der Waals surface area contributed by atoms with Gasteiger partial charge in [0.05, 0.1) is 11.8 Å². The Hall–Kier alpha value is -0.930. The van der Waals surface area contributed by atoms with Gasteiger partial charge in [0, 0.05) is 18.8 Å². The summed E-state index contributed by atoms with van der Waals surface area (Å²) in [5, 5.41) is 9.64. The van der Waals surface area contributed by atoms with Crippen molar-refractivity contribution in [3.63, 3.8) is 0 Å². The summed E-state index contributed by atoms with van der Waals surface area (Å²) in [7, 11) is 0. The first-order valence-electron chi connectivity index (χ1n) is 7.07. The van der Waals surface area contributed by atoms with Crippen LogP contribution in [-0.4, -0.2) is 33.7 Å². The van der Waals surface area contributed by atoms with E-state index >= 15 is 0 Å². The van der Waals surface area contributed by atoms with E-state index in [1.165, 1.54) is 25.7 Å². The van der Waals surface area contributed by atoms with Crippen molar-refractivity contribution in [1.29, 1.82) is 0 Å². The van der Waals surface area contributed by atoms with E-state index in [9.17, 15) is 5.11 Å². The maximum Gasteiger partial charge on any atom is 0.0544 e. The number of nitrogens with zero attached hydrogens (tertiary/aromatic N) is 2. The molecule has 0 saturated carbocycles. The molecule has 18 heavy (non-hydrogen) atoms. The van der Waals surface area contributed by atoms with Gasteiger partial charge in [0.1, 0.15) is 0 Å². The van der Waals surface area contributed by atoms with E-state index in [0.717, 1.165) is 25.2 Å². The monoisotopic (exact) mass is 248 g/mol. The van der Waals surface area contributed by atoms with Gasteiger partial charge in [-0.05, 0) is 44.9 Å². The van der Waals surface area contributed by atoms with Gasteiger partial charge in [0.2, 0.25) is 0 Å². The van der Waals surface area contributed by atoms with E-state index in [1.54, 1.807) is 0 Å². The van der Waals surface area contributed by atoms with Crippen molar-refractivity contribution in [3.8, 4) is 0 Å². The van der Waals surface area contributed by atoms with Gasteiger partial charge >= 0.3 is 0 Å². The Labute approximate surface area is 110 Å². The number of hydrogen-bond donors (Lipinski definition) is 1. The summed E-state index contributed by atoms with van der Waals surface area (Å²) >= 11 is 0. The van der Waals surface area contributed by atoms with E-state index < -0.39 is 0 Å². The van der Waals surface area contributed by atoms with Crippen LogP contribution < -0.4 is 0 Å². The van der Waals surface area contributed by atoms with E-state index in [-0.39, 0.29) is 6.10 Å². The Balaban J connectivity index is 2.01. The quantitative estimate of drug-likeness (QED) is 0.889. The first-order chi connectivity index (χ1) is 8.75. The van der Waals surface area contributed by atoms with Crippen LogP contribution in [-0.2, 0) is 6.54 Å². The standard InChI is InChI=1S/C15H24N2O/c1-13(18)11-15-8-3-2-6-10-17(15)12-14-7-4-5-9-16-14/h4-5,7,9,13,15,18H,2-3,6,8,10-12H2,1H3. The van der Waals surface area contributed by atoms with Crippen molar-refractivity contribution < 1.29 is 5.11 Å². The molecule has 100 valence electrons. The Morgan fingerprint density at radius 1 is 1.39 bits per heavy atom. The minimum absolute atomic E-state index is 0.209. The largest absolute Gasteiger partial charge is 0.393 e. The smallest absolute Gasteiger partial charge is 0.0544 e. The molecule has 0 spiro atoms. The molecule has 1 fully saturated rings. The number of aliphatic hydroxyl groups excluding tert-OH is 1. The van der Waals surface area contributed by atoms with E-state index in [0.29, 0.717) is 6.04 Å². The van der Waals surface area contributed by atoms with Gasteiger partial charge < -0.3 is 5.11 Å². The molecule has 0 bridgehead atoms. The molecule has 1 aliphatic heterocycles. The molecule has 1 aromatic rings. The molecule has 0 amide bonds. The number of likely N-dealkylation sites (tertiary alicyclic amines) is 1. The lowest BCUT2D eigenvalue weighted by atomic mass is 10.0. The maximum absolute atomic E-state index is 9.64. The van der Waals surface area contributed by atoms with Crippen LogP contribution in [0.25, 0.3) is 0 Å². The summed E-state index contributed by atoms with van der Waals surface area (Å²) in [5.41, 5.74) is 1.13. The third-order valence-electron chi connectivity index (χ3n) is 3.70. The Kier molecular flexibility index (Phi) is 5.14. The second-order valence-electron chi connectivity index (χ2n) is 5.38. The number of pyridine rings is 1. The zero-order chi connectivity index (χ0) is 12.8. The summed E-state index contributed by atoms with van der Waals surface area (Å²) in [6.07, 6.45) is 7.61. The highest BCUT2D eigenvalue weighted by atomic mass is 16.3. The first kappa shape index (κ1) is 13.5. The van der Waals surface area contributed by atoms with Crippen molar-refractivity contribution in [1.82, 2.24) is 9.88 Å². The molecule has 0 radical (unpaired) electrons. The van der Waals surface area contributed by atoms with Crippen molar-refractivity contribution in [2.24, 2.45) is 0 Å². The second kappa shape index (κ2) is 6.86. The highest BCUT2D eigenvalue weighted by molar-refractivity contribution is 5.03. The highest BCUT2D eigenvalue weighted by Gasteiger charge is 2.22. The molecule has 2 heterocycles. The molecule has 2 atom stereocenters. The van der Waals surface area contributed by atoms with Crippen LogP contribution in [0.2, 0.25) is 0 Å². The van der Waals surface area contributed by atoms with Crippen LogP contribution in [0, 0.1) is 0 Å². The average molecular weight is 248 g/mol. The van der Waals surface area contributed by atoms with Crippen molar-refractivity contribution in [2.75, 3.05) is 6.54 Å². The zero-order valence-corrected chi connectivity index (χ0v) is 11.3. The summed E-state index contributed by atoms with van der Waals surface area (Å²) in [6, 6.07) is 6.60. The summed E-state index contributed by atoms with van der Waals surface area (Å²) in [6.45, 7) is 3.94. The highest BCUT2D eigenvalue weighted by Crippen LogP contribution is 2.22. The number of hydrogen-bond acceptors (Lipinski definition) is 3. The van der Waals surface area contributed by atoms with Crippen LogP contribution >= 0.6 is 0 Å². The van der Waals surface area contributed by atoms with Gasteiger partial charge in [-0.3, -0.25) is 9.88 Å². The molecule has 0 aliphatic carbocycles. The predicted octanol–water partition coefficient (Wildman–Crippen LogP) is 2.60. The third-order valence-corrected chi connectivity index (χ3v) is 3.70. The van der Waals surface area contributed by atoms with Crippen molar-refractivity contribution in [2.45, 2.75) is 57.7 Å². The molecule has 1 aliphatic rings. The van der Waals surface area contributed by atoms with Crippen LogP contribution in [0.15, 0.2) is 24.4 Å². The normalized spacial score (nSPS) is 23.6. The fourth-order valence-electron chi connectivity index (χ4n) is 2.81. The summed E-state index contributed by atoms with van der Waals surface area (Å²) in [5.74, 6) is 0. The van der Waals surface area contributed by atoms with Crippen LogP contribution in [0.1, 0.15) is 44.7 Å². The van der Waals surface area contributed by atoms with Crippen LogP contribution in [0.3, 0.4) is 0 Å². The molecule has 3 nitrogen and oxygen atoms in total. The Morgan fingerprint density at radius 3 is 3.00 bits per heavy atom. The average Bonchev–Trinajstić information content (AvgIpc) is 2.56. The minimum atomic E-state index is -0.209. The molecule has 2 rings (SSSR count). The molecular weight excluding hydrogens is 224 g/mol. The summed E-state index contributed by atoms with van der Waals surface area (Å²) < 4.78 is 0. The van der Waals surface area contributed by atoms with Gasteiger partial charge in [0.25, 0.3) is 0 Å². The van der Waals surface area contributed by atoms with Crippen molar-refractivity contribution in [3.05, 3.63) is 30.1 Å². The van der Waals surface area contributed by atoms with Crippen molar-refractivity contribution >= 4 is 0 Å². The van der Waals surface area contributed by atoms with E-state index in [4.69, 9.17) is 0 Å². The fraction of sp³-hybridized carbons (Fsp3) is 0.667. The second-order valence-corrected chi connectivity index (χ2v) is 5.38. The zero-order valence-electron chi connectivity index (χ0n) is 11.3. The lowest BCUT2D eigenvalue weighted by Crippen LogP contribution is -2.36. The molecule has 1 N–H and O–H groups in total. The predicted molar refractivity (Wildman–Crippen MR) is 73.2 cm³/mol. The molecular formula is C15H24N2O. The molecule has 1 saturated heterocycles. The number of aliphatic hydroxyl groups is 1. The van der Waals surface area contributed by atoms with Gasteiger partial charge in [0.15, 0.2) is 0 Å². The van der Waals surface area contributed by atoms with Gasteiger partial charge in [-0.1, -0.05) is 18.9 Å². The van der Waals surface area contributed by atoms with Crippen LogP contribution in [0.4, 0.5) is 0 Å². The van der Waals surface area contributed by atoms with E-state index in [2.05, 4.69) is 16.0 Å². The molecule has 0 aromatic carbocycles. The molecule has 2 unspecified atom stereocenters. The fourth-order valence-corrected chi connectivity index (χ4v) is 2.81. The lowest BCUT2D eigenvalue weighted by Gasteiger charge is -2.30. The summed E-state index contributed by atoms with van der Waals surface area (Å²) in [4.78, 5) is 6.91. The SMILES string of the molecule is CC(O)CC1CCCCCN1Cc1ccccn1. The Morgan fingerprint density at radius 2 is 2.28 bits per heavy atom. The number of aromatic nitrogens is 1.